The first-order valence-electron chi connectivity index (χ1n) is 12.0. The van der Waals surface area contributed by atoms with E-state index in [0.29, 0.717) is 33.6 Å². The van der Waals surface area contributed by atoms with E-state index in [-0.39, 0.29) is 24.0 Å². The van der Waals surface area contributed by atoms with Crippen molar-refractivity contribution in [2.45, 2.75) is 26.3 Å². The number of rotatable bonds is 10. The molecule has 2 heterocycles. The van der Waals surface area contributed by atoms with Crippen LogP contribution in [0.3, 0.4) is 0 Å². The number of methoxy groups -OCH3 is 2. The molecule has 2 aromatic heterocycles. The maximum absolute atomic E-state index is 14.3. The minimum Gasteiger partial charge on any atom is -0.493 e. The molecule has 4 aromatic rings. The molecule has 0 radical (unpaired) electrons. The zero-order valence-corrected chi connectivity index (χ0v) is 22.5. The van der Waals surface area contributed by atoms with Gasteiger partial charge in [-0.2, -0.15) is 13.9 Å². The highest BCUT2D eigenvalue weighted by molar-refractivity contribution is 7.13. The van der Waals surface area contributed by atoms with Gasteiger partial charge in [-0.3, -0.25) is 9.36 Å². The highest BCUT2D eigenvalue weighted by Gasteiger charge is 2.48. The summed E-state index contributed by atoms with van der Waals surface area (Å²) in [7, 11) is 3.06. The van der Waals surface area contributed by atoms with Crippen molar-refractivity contribution >= 4 is 29.1 Å². The first-order chi connectivity index (χ1) is 18.2. The maximum Gasteiger partial charge on any atom is 0.326 e. The third-order valence-electron chi connectivity index (χ3n) is 6.44. The van der Waals surface area contributed by atoms with Crippen molar-refractivity contribution in [1.29, 1.82) is 0 Å². The van der Waals surface area contributed by atoms with E-state index in [4.69, 9.17) is 20.2 Å². The number of imidazole rings is 1. The van der Waals surface area contributed by atoms with E-state index in [9.17, 15) is 14.0 Å². The predicted octanol–water partition coefficient (Wildman–Crippen LogP) is 4.73. The van der Waals surface area contributed by atoms with Gasteiger partial charge in [0.15, 0.2) is 23.2 Å². The maximum atomic E-state index is 14.3. The van der Waals surface area contributed by atoms with Crippen molar-refractivity contribution in [2.24, 2.45) is 5.73 Å². The van der Waals surface area contributed by atoms with E-state index >= 15 is 0 Å². The standard InChI is InChI=1S/C28H29FN4O4S/c1-18(2)33(17-26(30)34,27(35)15-19-10-11-22(36-3)23(14-19)37-4)28-31-21(24-12-13-25(29)38-24)16-32(28)20-8-6-5-7-9-20/h5-14,16,18H,15,17H2,1-4H3,(H-,30,34)/p+1. The average molecular weight is 538 g/mol. The SMILES string of the molecule is COc1ccc(CC(=O)[N+](CC(N)=O)(c2nc(-c3ccc(F)s3)cn2-c2ccccc2)C(C)C)cc1OC. The summed E-state index contributed by atoms with van der Waals surface area (Å²) in [5.41, 5.74) is 7.66. The van der Waals surface area contributed by atoms with E-state index in [2.05, 4.69) is 0 Å². The number of nitrogens with zero attached hydrogens (tertiary/aromatic N) is 3. The molecule has 0 spiro atoms. The summed E-state index contributed by atoms with van der Waals surface area (Å²) in [6, 6.07) is 17.2. The number of thiophene rings is 1. The lowest BCUT2D eigenvalue weighted by Crippen LogP contribution is -2.63. The molecule has 38 heavy (non-hydrogen) atoms. The molecular weight excluding hydrogens is 507 g/mol. The summed E-state index contributed by atoms with van der Waals surface area (Å²) < 4.78 is 26.0. The molecule has 0 fully saturated rings. The fraction of sp³-hybridized carbons (Fsp3) is 0.250. The van der Waals surface area contributed by atoms with Crippen molar-refractivity contribution in [3.63, 3.8) is 0 Å². The lowest BCUT2D eigenvalue weighted by atomic mass is 10.1. The number of aromatic nitrogens is 2. The van der Waals surface area contributed by atoms with Crippen LogP contribution in [0.15, 0.2) is 66.9 Å². The molecule has 0 aliphatic rings. The van der Waals surface area contributed by atoms with Crippen LogP contribution in [0.5, 0.6) is 11.5 Å². The van der Waals surface area contributed by atoms with Crippen LogP contribution in [-0.4, -0.2) is 48.2 Å². The highest BCUT2D eigenvalue weighted by atomic mass is 32.1. The van der Waals surface area contributed by atoms with Gasteiger partial charge in [-0.25, -0.2) is 4.79 Å². The van der Waals surface area contributed by atoms with E-state index in [1.54, 1.807) is 35.0 Å². The van der Waals surface area contributed by atoms with E-state index in [1.165, 1.54) is 20.3 Å². The second-order valence-electron chi connectivity index (χ2n) is 9.08. The minimum atomic E-state index is -0.648. The Hall–Kier alpha value is -4.02. The molecule has 1 unspecified atom stereocenters. The molecule has 2 N–H and O–H groups in total. The van der Waals surface area contributed by atoms with E-state index in [0.717, 1.165) is 17.0 Å². The fourth-order valence-electron chi connectivity index (χ4n) is 4.53. The number of carbonyl (C=O) groups is 2. The van der Waals surface area contributed by atoms with Crippen LogP contribution in [0.4, 0.5) is 10.3 Å². The van der Waals surface area contributed by atoms with Crippen molar-refractivity contribution < 1.29 is 23.5 Å². The van der Waals surface area contributed by atoms with Gasteiger partial charge < -0.3 is 15.2 Å². The summed E-state index contributed by atoms with van der Waals surface area (Å²) in [5, 5.41) is -0.345. The van der Waals surface area contributed by atoms with Crippen LogP contribution < -0.4 is 19.7 Å². The van der Waals surface area contributed by atoms with Gasteiger partial charge in [0, 0.05) is 6.20 Å². The number of amides is 2. The van der Waals surface area contributed by atoms with E-state index < -0.39 is 16.4 Å². The van der Waals surface area contributed by atoms with Gasteiger partial charge in [-0.15, -0.1) is 11.3 Å². The predicted molar refractivity (Wildman–Crippen MR) is 146 cm³/mol. The Morgan fingerprint density at radius 2 is 1.76 bits per heavy atom. The normalized spacial score (nSPS) is 12.8. The molecule has 0 aliphatic heterocycles. The molecule has 4 rings (SSSR count). The molecule has 0 aliphatic carbocycles. The smallest absolute Gasteiger partial charge is 0.326 e. The van der Waals surface area contributed by atoms with Gasteiger partial charge in [0.2, 0.25) is 0 Å². The van der Waals surface area contributed by atoms with Crippen LogP contribution in [-0.2, 0) is 16.0 Å². The van der Waals surface area contributed by atoms with Gasteiger partial charge in [-0.1, -0.05) is 24.3 Å². The van der Waals surface area contributed by atoms with Crippen LogP contribution in [0, 0.1) is 5.13 Å². The van der Waals surface area contributed by atoms with Crippen LogP contribution in [0.1, 0.15) is 19.4 Å². The summed E-state index contributed by atoms with van der Waals surface area (Å²) in [6.45, 7) is 3.40. The summed E-state index contributed by atoms with van der Waals surface area (Å²) in [6.07, 6.45) is 1.74. The number of hydrogen-bond acceptors (Lipinski definition) is 6. The molecule has 2 amide bonds. The Bertz CT molecular complexity index is 1450. The summed E-state index contributed by atoms with van der Waals surface area (Å²) in [5.74, 6) is 0.420. The van der Waals surface area contributed by atoms with Crippen molar-refractivity contribution in [1.82, 2.24) is 14.0 Å². The van der Waals surface area contributed by atoms with Crippen molar-refractivity contribution in [2.75, 3.05) is 20.8 Å². The van der Waals surface area contributed by atoms with Crippen LogP contribution >= 0.6 is 11.3 Å². The molecular formula is C28H30FN4O4S+. The first-order valence-corrected chi connectivity index (χ1v) is 12.8. The first kappa shape index (κ1) is 27.0. The number of benzene rings is 2. The molecule has 2 aromatic carbocycles. The highest BCUT2D eigenvalue weighted by Crippen LogP contribution is 2.36. The number of primary amides is 1. The summed E-state index contributed by atoms with van der Waals surface area (Å²) >= 11 is 0.958. The molecule has 10 heteroatoms. The molecule has 0 saturated carbocycles. The van der Waals surface area contributed by atoms with Crippen molar-refractivity contribution in [3.05, 3.63) is 77.6 Å². The Kier molecular flexibility index (Phi) is 7.94. The molecule has 0 saturated heterocycles. The van der Waals surface area contributed by atoms with Gasteiger partial charge in [0.25, 0.3) is 5.91 Å². The lowest BCUT2D eigenvalue weighted by Gasteiger charge is -2.37. The molecule has 198 valence electrons. The number of quaternary nitrogens is 1. The Morgan fingerprint density at radius 1 is 1.05 bits per heavy atom. The quantitative estimate of drug-likeness (QED) is 0.295. The van der Waals surface area contributed by atoms with Gasteiger partial charge in [0.1, 0.15) is 5.69 Å². The molecule has 0 bridgehead atoms. The second-order valence-corrected chi connectivity index (χ2v) is 10.1. The van der Waals surface area contributed by atoms with Crippen LogP contribution in [0.25, 0.3) is 16.3 Å². The van der Waals surface area contributed by atoms with Gasteiger partial charge >= 0.3 is 11.9 Å². The van der Waals surface area contributed by atoms with E-state index in [1.807, 2.05) is 44.2 Å². The Balaban J connectivity index is 1.91. The minimum absolute atomic E-state index is 0.0174. The molecule has 8 nitrogen and oxygen atoms in total. The van der Waals surface area contributed by atoms with Crippen LogP contribution in [0.2, 0.25) is 0 Å². The fourth-order valence-corrected chi connectivity index (χ4v) is 5.21. The van der Waals surface area contributed by atoms with Gasteiger partial charge in [-0.05, 0) is 55.8 Å². The number of halogens is 1. The monoisotopic (exact) mass is 537 g/mol. The second kappa shape index (κ2) is 11.2. The Morgan fingerprint density at radius 3 is 2.34 bits per heavy atom. The number of para-hydroxylation sites is 1. The summed E-state index contributed by atoms with van der Waals surface area (Å²) in [4.78, 5) is 32.2. The van der Waals surface area contributed by atoms with Crippen molar-refractivity contribution in [3.8, 4) is 27.8 Å². The zero-order valence-electron chi connectivity index (χ0n) is 21.7. The average Bonchev–Trinajstić information content (AvgIpc) is 3.54. The third kappa shape index (κ3) is 5.18. The Labute approximate surface area is 224 Å². The number of hydrogen-bond donors (Lipinski definition) is 1. The zero-order chi connectivity index (χ0) is 27.4. The van der Waals surface area contributed by atoms with Gasteiger partial charge in [0.05, 0.1) is 37.2 Å². The number of ether oxygens (including phenoxy) is 2. The lowest BCUT2D eigenvalue weighted by molar-refractivity contribution is -0.135. The third-order valence-corrected chi connectivity index (χ3v) is 7.34. The number of nitrogens with two attached hydrogens (primary N) is 1. The topological polar surface area (TPSA) is 96.4 Å². The largest absolute Gasteiger partial charge is 0.493 e. The molecule has 1 atom stereocenters. The number of carbonyl (C=O) groups excluding carboxylic acids is 2.